The van der Waals surface area contributed by atoms with Crippen LogP contribution in [0.3, 0.4) is 0 Å². The van der Waals surface area contributed by atoms with Crippen LogP contribution in [0.5, 0.6) is 5.75 Å². The van der Waals surface area contributed by atoms with Crippen molar-refractivity contribution in [1.82, 2.24) is 15.3 Å². The van der Waals surface area contributed by atoms with Gasteiger partial charge in [-0.2, -0.15) is 0 Å². The molecule has 178 valence electrons. The van der Waals surface area contributed by atoms with Crippen LogP contribution in [-0.4, -0.2) is 35.0 Å². The Morgan fingerprint density at radius 2 is 1.94 bits per heavy atom. The summed E-state index contributed by atoms with van der Waals surface area (Å²) in [6, 6.07) is 6.43. The Bertz CT molecular complexity index is 1220. The molecule has 3 aromatic rings. The summed E-state index contributed by atoms with van der Waals surface area (Å²) in [5.41, 5.74) is 8.36. The lowest BCUT2D eigenvalue weighted by Crippen LogP contribution is -2.38. The minimum absolute atomic E-state index is 0.108. The molecule has 1 amide bonds. The molecule has 0 spiro atoms. The second kappa shape index (κ2) is 10.6. The van der Waals surface area contributed by atoms with E-state index in [-0.39, 0.29) is 6.61 Å². The smallest absolute Gasteiger partial charge is 0.328 e. The number of benzene rings is 1. The van der Waals surface area contributed by atoms with Gasteiger partial charge in [0.15, 0.2) is 12.4 Å². The van der Waals surface area contributed by atoms with E-state index in [1.165, 1.54) is 29.4 Å². The molecule has 0 radical (unpaired) electrons. The van der Waals surface area contributed by atoms with Gasteiger partial charge < -0.3 is 20.5 Å². The number of carbonyl (C=O) groups excluding carboxylic acids is 2. The van der Waals surface area contributed by atoms with Gasteiger partial charge in [0.05, 0.1) is 12.5 Å². The number of hydrogen-bond donors (Lipinski definition) is 2. The first kappa shape index (κ1) is 23.7. The Morgan fingerprint density at radius 1 is 1.18 bits per heavy atom. The van der Waals surface area contributed by atoms with Gasteiger partial charge >= 0.3 is 5.97 Å². The highest BCUT2D eigenvalue weighted by atomic mass is 32.1. The molecule has 9 heteroatoms. The minimum atomic E-state index is -0.827. The van der Waals surface area contributed by atoms with Crippen molar-refractivity contribution in [2.24, 2.45) is 0 Å². The number of nitrogen functional groups attached to an aromatic ring is 1. The van der Waals surface area contributed by atoms with E-state index in [0.29, 0.717) is 11.6 Å². The maximum atomic E-state index is 12.4. The van der Waals surface area contributed by atoms with Gasteiger partial charge in [-0.25, -0.2) is 14.8 Å². The number of nitrogens with zero attached hydrogens (tertiary/aromatic N) is 2. The van der Waals surface area contributed by atoms with Crippen molar-refractivity contribution in [3.8, 4) is 5.75 Å². The number of methoxy groups -OCH3 is 1. The van der Waals surface area contributed by atoms with E-state index in [2.05, 4.69) is 15.3 Å². The van der Waals surface area contributed by atoms with Gasteiger partial charge in [-0.1, -0.05) is 18.6 Å². The number of amides is 1. The summed E-state index contributed by atoms with van der Waals surface area (Å²) in [5, 5.41) is 3.55. The summed E-state index contributed by atoms with van der Waals surface area (Å²) < 4.78 is 10.4. The number of hydrogen-bond acceptors (Lipinski definition) is 8. The molecule has 0 aliphatic heterocycles. The van der Waals surface area contributed by atoms with Gasteiger partial charge in [0.25, 0.3) is 0 Å². The quantitative estimate of drug-likeness (QED) is 0.300. The van der Waals surface area contributed by atoms with Crippen LogP contribution in [0.2, 0.25) is 0 Å². The van der Waals surface area contributed by atoms with Crippen molar-refractivity contribution >= 4 is 45.3 Å². The van der Waals surface area contributed by atoms with Crippen molar-refractivity contribution in [2.75, 3.05) is 12.8 Å². The predicted molar refractivity (Wildman–Crippen MR) is 133 cm³/mol. The molecule has 1 atom stereocenters. The number of nitrogens with one attached hydrogen (secondary N) is 1. The third-order valence-electron chi connectivity index (χ3n) is 5.74. The summed E-state index contributed by atoms with van der Waals surface area (Å²) in [4.78, 5) is 35.7. The van der Waals surface area contributed by atoms with E-state index in [0.717, 1.165) is 40.8 Å². The van der Waals surface area contributed by atoms with Gasteiger partial charge in [-0.05, 0) is 61.9 Å². The van der Waals surface area contributed by atoms with E-state index in [4.69, 9.17) is 15.2 Å². The maximum Gasteiger partial charge on any atom is 0.328 e. The lowest BCUT2D eigenvalue weighted by Gasteiger charge is -2.12. The summed E-state index contributed by atoms with van der Waals surface area (Å²) in [5.74, 6) is 0.544. The molecule has 1 aliphatic carbocycles. The molecule has 0 unspecified atom stereocenters. The van der Waals surface area contributed by atoms with Crippen molar-refractivity contribution in [1.29, 1.82) is 0 Å². The van der Waals surface area contributed by atoms with Gasteiger partial charge in [-0.15, -0.1) is 11.3 Å². The van der Waals surface area contributed by atoms with Gasteiger partial charge in [0.2, 0.25) is 5.91 Å². The van der Waals surface area contributed by atoms with E-state index < -0.39 is 17.9 Å². The number of carbonyl (C=O) groups is 2. The first-order chi connectivity index (χ1) is 16.4. The van der Waals surface area contributed by atoms with E-state index >= 15 is 0 Å². The first-order valence-electron chi connectivity index (χ1n) is 11.3. The van der Waals surface area contributed by atoms with Crippen molar-refractivity contribution in [3.05, 3.63) is 52.2 Å². The Balaban J connectivity index is 1.33. The zero-order valence-corrected chi connectivity index (χ0v) is 20.1. The Kier molecular flexibility index (Phi) is 7.42. The topological polar surface area (TPSA) is 116 Å². The molecule has 4 rings (SSSR count). The molecule has 8 nitrogen and oxygen atoms in total. The number of rotatable bonds is 7. The van der Waals surface area contributed by atoms with Gasteiger partial charge in [-0.3, -0.25) is 4.79 Å². The lowest BCUT2D eigenvalue weighted by atomic mass is 10.1. The zero-order chi connectivity index (χ0) is 24.1. The number of aryl methyl sites for hydroxylation is 2. The molecule has 1 aliphatic rings. The molecular formula is C25H28N4O4S. The fraction of sp³-hybridized carbons (Fsp3) is 0.360. The average molecular weight is 481 g/mol. The van der Waals surface area contributed by atoms with E-state index in [9.17, 15) is 9.59 Å². The molecule has 0 saturated heterocycles. The molecule has 3 N–H and O–H groups in total. The molecule has 34 heavy (non-hydrogen) atoms. The highest BCUT2D eigenvalue weighted by Gasteiger charge is 2.21. The molecule has 0 bridgehead atoms. The second-order valence-electron chi connectivity index (χ2n) is 8.21. The Hall–Kier alpha value is -3.46. The number of thiophene rings is 1. The van der Waals surface area contributed by atoms with Crippen molar-refractivity contribution < 1.29 is 19.1 Å². The number of nitrogens with two attached hydrogens (primary N) is 1. The molecule has 0 fully saturated rings. The summed E-state index contributed by atoms with van der Waals surface area (Å²) >= 11 is 1.65. The number of aromatic nitrogens is 2. The van der Waals surface area contributed by atoms with Crippen LogP contribution in [0.15, 0.2) is 30.3 Å². The minimum Gasteiger partial charge on any atom is -0.497 e. The number of esters is 1. The summed E-state index contributed by atoms with van der Waals surface area (Å²) in [6.07, 6.45) is 8.62. The zero-order valence-electron chi connectivity index (χ0n) is 19.3. The van der Waals surface area contributed by atoms with E-state index in [1.54, 1.807) is 43.6 Å². The highest BCUT2D eigenvalue weighted by molar-refractivity contribution is 7.19. The molecule has 0 saturated carbocycles. The summed E-state index contributed by atoms with van der Waals surface area (Å²) in [7, 11) is 1.59. The average Bonchev–Trinajstić information content (AvgIpc) is 3.03. The van der Waals surface area contributed by atoms with Crippen molar-refractivity contribution in [2.45, 2.75) is 51.7 Å². The van der Waals surface area contributed by atoms with Crippen LogP contribution < -0.4 is 15.8 Å². The van der Waals surface area contributed by atoms with Crippen LogP contribution in [0.4, 0.5) is 5.82 Å². The Labute approximate surface area is 202 Å². The molecule has 2 aromatic heterocycles. The maximum absolute atomic E-state index is 12.4. The first-order valence-corrected chi connectivity index (χ1v) is 12.1. The SMILES string of the molecule is COc1ccc(/C=C/C(=O)N[C@@H](C)C(=O)OCc2nc(N)c3c4c(sc3n2)CCCCC4)cc1. The summed E-state index contributed by atoms with van der Waals surface area (Å²) in [6.45, 7) is 1.46. The van der Waals surface area contributed by atoms with Crippen LogP contribution in [-0.2, 0) is 33.8 Å². The fourth-order valence-electron chi connectivity index (χ4n) is 3.94. The number of anilines is 1. The van der Waals surface area contributed by atoms with Crippen LogP contribution in [0.25, 0.3) is 16.3 Å². The number of fused-ring (bicyclic) bond motifs is 3. The van der Waals surface area contributed by atoms with Crippen LogP contribution in [0.1, 0.15) is 48.0 Å². The number of ether oxygens (including phenoxy) is 2. The normalized spacial score (nSPS) is 14.4. The van der Waals surface area contributed by atoms with Crippen LogP contribution >= 0.6 is 11.3 Å². The standard InChI is InChI=1S/C25H28N4O4S/c1-15(27-21(30)13-10-16-8-11-17(32-2)12-9-16)25(31)33-14-20-28-23(26)22-18-6-4-3-5-7-19(18)34-24(22)29-20/h8-13,15H,3-7,14H2,1-2H3,(H,27,30)(H2,26,28,29)/b13-10+/t15-/m0/s1. The fourth-order valence-corrected chi connectivity index (χ4v) is 5.23. The van der Waals surface area contributed by atoms with Crippen LogP contribution in [0, 0.1) is 0 Å². The second-order valence-corrected chi connectivity index (χ2v) is 9.30. The van der Waals surface area contributed by atoms with Crippen molar-refractivity contribution in [3.63, 3.8) is 0 Å². The Morgan fingerprint density at radius 3 is 2.71 bits per heavy atom. The van der Waals surface area contributed by atoms with Gasteiger partial charge in [0.1, 0.15) is 22.4 Å². The highest BCUT2D eigenvalue weighted by Crippen LogP contribution is 2.37. The largest absolute Gasteiger partial charge is 0.497 e. The molecule has 1 aromatic carbocycles. The third-order valence-corrected chi connectivity index (χ3v) is 6.92. The van der Waals surface area contributed by atoms with Gasteiger partial charge in [0, 0.05) is 11.0 Å². The monoisotopic (exact) mass is 480 g/mol. The predicted octanol–water partition coefficient (Wildman–Crippen LogP) is 3.81. The van der Waals surface area contributed by atoms with E-state index in [1.807, 2.05) is 12.1 Å². The third kappa shape index (κ3) is 5.53. The lowest BCUT2D eigenvalue weighted by molar-refractivity contribution is -0.148. The molecule has 2 heterocycles. The molecular weight excluding hydrogens is 452 g/mol.